The van der Waals surface area contributed by atoms with Crippen LogP contribution in [0.3, 0.4) is 0 Å². The molecule has 0 fully saturated rings. The molecule has 256 valence electrons. The summed E-state index contributed by atoms with van der Waals surface area (Å²) in [6.45, 7) is 5.32. The molecule has 0 aromatic carbocycles. The van der Waals surface area contributed by atoms with E-state index in [9.17, 15) is 14.7 Å². The van der Waals surface area contributed by atoms with Crippen LogP contribution in [0, 0.1) is 0 Å². The lowest BCUT2D eigenvalue weighted by molar-refractivity contribution is -0.126. The van der Waals surface area contributed by atoms with Crippen molar-refractivity contribution in [3.63, 3.8) is 0 Å². The third-order valence-corrected chi connectivity index (χ3v) is 8.88. The molecule has 0 spiro atoms. The number of carbonyl (C=O) groups excluding carboxylic acids is 2. The van der Waals surface area contributed by atoms with Gasteiger partial charge < -0.3 is 15.7 Å². The van der Waals surface area contributed by atoms with Gasteiger partial charge in [-0.1, -0.05) is 181 Å². The molecule has 0 rings (SSSR count). The first-order chi connectivity index (χ1) is 21.1. The SMILES string of the molecule is CCCCCCCCCCCCCCCCCCNC(=O)CNC(=O)CCCCCCCCCCC(O)CCCCCC. The van der Waals surface area contributed by atoms with Crippen LogP contribution in [0.2, 0.25) is 0 Å². The predicted octanol–water partition coefficient (Wildman–Crippen LogP) is 10.7. The van der Waals surface area contributed by atoms with E-state index in [-0.39, 0.29) is 24.5 Å². The topological polar surface area (TPSA) is 78.4 Å². The number of unbranched alkanes of at least 4 members (excludes halogenated alkanes) is 25. The highest BCUT2D eigenvalue weighted by Crippen LogP contribution is 2.15. The average Bonchev–Trinajstić information content (AvgIpc) is 3.00. The summed E-state index contributed by atoms with van der Waals surface area (Å²) in [7, 11) is 0. The maximum Gasteiger partial charge on any atom is 0.239 e. The van der Waals surface area contributed by atoms with Crippen molar-refractivity contribution < 1.29 is 14.7 Å². The van der Waals surface area contributed by atoms with Crippen LogP contribution in [0.1, 0.15) is 213 Å². The third kappa shape index (κ3) is 35.3. The summed E-state index contributed by atoms with van der Waals surface area (Å²) in [6, 6.07) is 0. The van der Waals surface area contributed by atoms with E-state index in [1.807, 2.05) is 0 Å². The highest BCUT2D eigenvalue weighted by molar-refractivity contribution is 5.84. The normalized spacial score (nSPS) is 12.0. The van der Waals surface area contributed by atoms with Gasteiger partial charge in [0.1, 0.15) is 0 Å². The van der Waals surface area contributed by atoms with Crippen molar-refractivity contribution in [3.8, 4) is 0 Å². The zero-order valence-corrected chi connectivity index (χ0v) is 29.2. The van der Waals surface area contributed by atoms with E-state index < -0.39 is 0 Å². The Morgan fingerprint density at radius 3 is 1.23 bits per heavy atom. The van der Waals surface area contributed by atoms with Gasteiger partial charge in [-0.05, 0) is 25.7 Å². The van der Waals surface area contributed by atoms with Crippen LogP contribution in [-0.2, 0) is 9.59 Å². The molecule has 0 aliphatic heterocycles. The van der Waals surface area contributed by atoms with Crippen LogP contribution in [-0.4, -0.2) is 36.1 Å². The lowest BCUT2D eigenvalue weighted by Crippen LogP contribution is -2.37. The van der Waals surface area contributed by atoms with Gasteiger partial charge in [0, 0.05) is 13.0 Å². The molecule has 0 aromatic heterocycles. The molecule has 1 atom stereocenters. The second-order valence-electron chi connectivity index (χ2n) is 13.3. The Balaban J connectivity index is 3.31. The van der Waals surface area contributed by atoms with Crippen molar-refractivity contribution in [1.29, 1.82) is 0 Å². The van der Waals surface area contributed by atoms with E-state index in [2.05, 4.69) is 24.5 Å². The van der Waals surface area contributed by atoms with E-state index in [0.717, 1.165) is 38.5 Å². The molecule has 0 radical (unpaired) electrons. The molecule has 0 aromatic rings. The van der Waals surface area contributed by atoms with E-state index in [1.165, 1.54) is 154 Å². The molecule has 0 bridgehead atoms. The quantitative estimate of drug-likeness (QED) is 0.0626. The van der Waals surface area contributed by atoms with Crippen molar-refractivity contribution in [2.45, 2.75) is 219 Å². The number of aliphatic hydroxyl groups excluding tert-OH is 1. The van der Waals surface area contributed by atoms with Gasteiger partial charge in [0.25, 0.3) is 0 Å². The highest BCUT2D eigenvalue weighted by atomic mass is 16.3. The molecule has 5 nitrogen and oxygen atoms in total. The van der Waals surface area contributed by atoms with Crippen LogP contribution < -0.4 is 10.6 Å². The Hall–Kier alpha value is -1.10. The summed E-state index contributed by atoms with van der Waals surface area (Å²) in [5.41, 5.74) is 0. The fraction of sp³-hybridized carbons (Fsp3) is 0.947. The Morgan fingerprint density at radius 1 is 0.442 bits per heavy atom. The summed E-state index contributed by atoms with van der Waals surface area (Å²) in [4.78, 5) is 24.0. The molecule has 0 saturated carbocycles. The lowest BCUT2D eigenvalue weighted by atomic mass is 10.0. The largest absolute Gasteiger partial charge is 0.393 e. The van der Waals surface area contributed by atoms with Gasteiger partial charge >= 0.3 is 0 Å². The Morgan fingerprint density at radius 2 is 0.791 bits per heavy atom. The second kappa shape index (κ2) is 35.4. The molecular weight excluding hydrogens is 532 g/mol. The van der Waals surface area contributed by atoms with Crippen LogP contribution in [0.4, 0.5) is 0 Å². The molecule has 0 aliphatic carbocycles. The van der Waals surface area contributed by atoms with Gasteiger partial charge in [-0.3, -0.25) is 9.59 Å². The smallest absolute Gasteiger partial charge is 0.239 e. The molecule has 0 heterocycles. The highest BCUT2D eigenvalue weighted by Gasteiger charge is 2.06. The summed E-state index contributed by atoms with van der Waals surface area (Å²) >= 11 is 0. The zero-order chi connectivity index (χ0) is 31.5. The van der Waals surface area contributed by atoms with E-state index in [0.29, 0.717) is 13.0 Å². The van der Waals surface area contributed by atoms with E-state index in [1.54, 1.807) is 0 Å². The van der Waals surface area contributed by atoms with Gasteiger partial charge in [-0.15, -0.1) is 0 Å². The number of nitrogens with one attached hydrogen (secondary N) is 2. The first-order valence-corrected chi connectivity index (χ1v) is 19.3. The van der Waals surface area contributed by atoms with Gasteiger partial charge in [-0.25, -0.2) is 0 Å². The van der Waals surface area contributed by atoms with Crippen molar-refractivity contribution in [2.75, 3.05) is 13.1 Å². The maximum absolute atomic E-state index is 12.0. The molecular formula is C38H76N2O3. The van der Waals surface area contributed by atoms with E-state index >= 15 is 0 Å². The van der Waals surface area contributed by atoms with Gasteiger partial charge in [-0.2, -0.15) is 0 Å². The number of rotatable bonds is 35. The van der Waals surface area contributed by atoms with Crippen LogP contribution >= 0.6 is 0 Å². The zero-order valence-electron chi connectivity index (χ0n) is 29.2. The third-order valence-electron chi connectivity index (χ3n) is 8.88. The maximum atomic E-state index is 12.0. The average molecular weight is 609 g/mol. The molecule has 0 saturated heterocycles. The second-order valence-corrected chi connectivity index (χ2v) is 13.3. The molecule has 2 amide bonds. The number of aliphatic hydroxyl groups is 1. The molecule has 43 heavy (non-hydrogen) atoms. The fourth-order valence-electron chi connectivity index (χ4n) is 5.91. The van der Waals surface area contributed by atoms with E-state index in [4.69, 9.17) is 0 Å². The summed E-state index contributed by atoms with van der Waals surface area (Å²) in [6.07, 6.45) is 38.1. The molecule has 0 aliphatic rings. The van der Waals surface area contributed by atoms with Crippen LogP contribution in [0.25, 0.3) is 0 Å². The van der Waals surface area contributed by atoms with Crippen LogP contribution in [0.15, 0.2) is 0 Å². The Labute approximate surface area is 268 Å². The minimum absolute atomic E-state index is 0.00851. The summed E-state index contributed by atoms with van der Waals surface area (Å²) in [5, 5.41) is 15.8. The monoisotopic (exact) mass is 609 g/mol. The van der Waals surface area contributed by atoms with Crippen molar-refractivity contribution in [1.82, 2.24) is 10.6 Å². The summed E-state index contributed by atoms with van der Waals surface area (Å²) < 4.78 is 0. The number of carbonyl (C=O) groups is 2. The standard InChI is InChI=1S/C38H76N2O3/c1-3-5-7-9-10-11-12-13-14-15-16-17-20-23-26-30-34-39-38(43)35-40-37(42)33-29-25-22-19-18-21-24-28-32-36(41)31-27-8-6-4-2/h36,41H,3-35H2,1-2H3,(H,39,43)(H,40,42). The number of hydrogen-bond donors (Lipinski definition) is 3. The van der Waals surface area contributed by atoms with Gasteiger partial charge in [0.2, 0.25) is 11.8 Å². The molecule has 5 heteroatoms. The lowest BCUT2D eigenvalue weighted by Gasteiger charge is -2.10. The van der Waals surface area contributed by atoms with Gasteiger partial charge in [0.15, 0.2) is 0 Å². The molecule has 3 N–H and O–H groups in total. The van der Waals surface area contributed by atoms with Crippen molar-refractivity contribution in [3.05, 3.63) is 0 Å². The Kier molecular flexibility index (Phi) is 34.5. The minimum Gasteiger partial charge on any atom is -0.393 e. The molecule has 1 unspecified atom stereocenters. The summed E-state index contributed by atoms with van der Waals surface area (Å²) in [5.74, 6) is -0.0795. The predicted molar refractivity (Wildman–Crippen MR) is 187 cm³/mol. The Bertz CT molecular complexity index is 584. The minimum atomic E-state index is -0.0993. The first-order valence-electron chi connectivity index (χ1n) is 19.3. The first kappa shape index (κ1) is 41.9. The van der Waals surface area contributed by atoms with Gasteiger partial charge in [0.05, 0.1) is 12.6 Å². The van der Waals surface area contributed by atoms with Crippen molar-refractivity contribution >= 4 is 11.8 Å². The van der Waals surface area contributed by atoms with Crippen LogP contribution in [0.5, 0.6) is 0 Å². The van der Waals surface area contributed by atoms with Crippen molar-refractivity contribution in [2.24, 2.45) is 0 Å². The fourth-order valence-corrected chi connectivity index (χ4v) is 5.91. The number of hydrogen-bond acceptors (Lipinski definition) is 3. The number of amides is 2.